The molecule has 0 amide bonds. The number of carbonyl (C=O) groups excluding carboxylic acids is 1. The average Bonchev–Trinajstić information content (AvgIpc) is 3.23. The minimum Gasteiger partial charge on any atom is -0.434 e. The Hall–Kier alpha value is -3.80. The number of carbonyl (C=O) groups is 1. The molecular formula is C25H30F2N6O4. The van der Waals surface area contributed by atoms with E-state index in [0.29, 0.717) is 25.6 Å². The molecular weight excluding hydrogens is 486 g/mol. The molecule has 37 heavy (non-hydrogen) atoms. The van der Waals surface area contributed by atoms with Gasteiger partial charge in [-0.3, -0.25) is 18.7 Å². The largest absolute Gasteiger partial charge is 0.434 e. The van der Waals surface area contributed by atoms with Crippen LogP contribution in [0.5, 0.6) is 5.75 Å². The zero-order valence-corrected chi connectivity index (χ0v) is 21.0. The number of anilines is 1. The number of hydrogen-bond acceptors (Lipinski definition) is 7. The minimum atomic E-state index is -3.13. The zero-order valence-electron chi connectivity index (χ0n) is 21.0. The number of para-hydroxylation sites is 1. The quantitative estimate of drug-likeness (QED) is 0.361. The summed E-state index contributed by atoms with van der Waals surface area (Å²) >= 11 is 0. The van der Waals surface area contributed by atoms with E-state index in [1.165, 1.54) is 35.9 Å². The fourth-order valence-corrected chi connectivity index (χ4v) is 4.50. The van der Waals surface area contributed by atoms with Gasteiger partial charge >= 0.3 is 12.3 Å². The van der Waals surface area contributed by atoms with Crippen molar-refractivity contribution in [3.05, 3.63) is 62.3 Å². The lowest BCUT2D eigenvalue weighted by molar-refractivity contribution is -0.0501. The third kappa shape index (κ3) is 5.33. The van der Waals surface area contributed by atoms with E-state index < -0.39 is 30.2 Å². The van der Waals surface area contributed by atoms with Gasteiger partial charge in [-0.2, -0.15) is 13.8 Å². The Labute approximate surface area is 211 Å². The predicted molar refractivity (Wildman–Crippen MR) is 135 cm³/mol. The Bertz CT molecular complexity index is 1470. The Morgan fingerprint density at radius 1 is 1.24 bits per heavy atom. The molecule has 1 atom stereocenters. The summed E-state index contributed by atoms with van der Waals surface area (Å²) in [6.45, 7) is 1.66. The maximum Gasteiger partial charge on any atom is 0.387 e. The van der Waals surface area contributed by atoms with Crippen molar-refractivity contribution >= 4 is 22.9 Å². The maximum absolute atomic E-state index is 13.7. The van der Waals surface area contributed by atoms with Gasteiger partial charge in [0.1, 0.15) is 5.75 Å². The molecule has 1 aliphatic rings. The Morgan fingerprint density at radius 3 is 2.65 bits per heavy atom. The molecule has 0 bridgehead atoms. The highest BCUT2D eigenvalue weighted by Crippen LogP contribution is 2.24. The van der Waals surface area contributed by atoms with E-state index in [4.69, 9.17) is 5.73 Å². The van der Waals surface area contributed by atoms with E-state index in [0.717, 1.165) is 23.0 Å². The smallest absolute Gasteiger partial charge is 0.387 e. The molecule has 1 unspecified atom stereocenters. The van der Waals surface area contributed by atoms with Gasteiger partial charge in [-0.15, -0.1) is 0 Å². The predicted octanol–water partition coefficient (Wildman–Crippen LogP) is 2.27. The number of allylic oxidation sites excluding steroid dienone is 2. The first kappa shape index (κ1) is 26.3. The lowest BCUT2D eigenvalue weighted by Gasteiger charge is -2.31. The van der Waals surface area contributed by atoms with Gasteiger partial charge in [-0.25, -0.2) is 4.79 Å². The first-order chi connectivity index (χ1) is 17.6. The van der Waals surface area contributed by atoms with Crippen LogP contribution in [0.4, 0.5) is 14.7 Å². The number of nitrogens with two attached hydrogens (primary N) is 1. The normalized spacial score (nSPS) is 15.9. The molecule has 1 fully saturated rings. The number of Topliss-reactive ketones (excluding diaryl/α,β-unsaturated/α-hetero) is 1. The molecule has 1 aliphatic heterocycles. The number of ketones is 1. The van der Waals surface area contributed by atoms with Crippen LogP contribution in [0.2, 0.25) is 0 Å². The number of nitrogens with zero attached hydrogens (tertiary/aromatic N) is 5. The summed E-state index contributed by atoms with van der Waals surface area (Å²) in [4.78, 5) is 46.6. The van der Waals surface area contributed by atoms with Gasteiger partial charge in [0.25, 0.3) is 5.56 Å². The topological polar surface area (TPSA) is 117 Å². The summed E-state index contributed by atoms with van der Waals surface area (Å²) in [5.41, 5.74) is 5.97. The molecule has 0 spiro atoms. The van der Waals surface area contributed by atoms with Gasteiger partial charge in [0.2, 0.25) is 5.95 Å². The number of halogens is 2. The van der Waals surface area contributed by atoms with E-state index in [-0.39, 0.29) is 28.5 Å². The van der Waals surface area contributed by atoms with Crippen LogP contribution in [0.25, 0.3) is 11.2 Å². The SMILES string of the molecule is CC(C)=CCn1c(N2CCCC(N)C2)nc2c1c(=O)n(CC(=O)c1ccccc1OC(F)F)c(=O)n2C. The van der Waals surface area contributed by atoms with Crippen molar-refractivity contribution in [1.82, 2.24) is 18.7 Å². The van der Waals surface area contributed by atoms with Crippen LogP contribution in [0.3, 0.4) is 0 Å². The molecule has 2 aromatic heterocycles. The van der Waals surface area contributed by atoms with Crippen LogP contribution in [0.15, 0.2) is 45.5 Å². The lowest BCUT2D eigenvalue weighted by atomic mass is 10.1. The number of benzene rings is 1. The molecule has 198 valence electrons. The first-order valence-electron chi connectivity index (χ1n) is 12.0. The van der Waals surface area contributed by atoms with Crippen LogP contribution < -0.4 is 26.6 Å². The van der Waals surface area contributed by atoms with Crippen LogP contribution in [0, 0.1) is 0 Å². The molecule has 10 nitrogen and oxygen atoms in total. The third-order valence-electron chi connectivity index (χ3n) is 6.34. The number of piperidine rings is 1. The van der Waals surface area contributed by atoms with E-state index in [1.54, 1.807) is 4.57 Å². The second-order valence-corrected chi connectivity index (χ2v) is 9.36. The van der Waals surface area contributed by atoms with Crippen molar-refractivity contribution < 1.29 is 18.3 Å². The van der Waals surface area contributed by atoms with E-state index >= 15 is 0 Å². The summed E-state index contributed by atoms with van der Waals surface area (Å²) in [5, 5.41) is 0. The molecule has 3 heterocycles. The van der Waals surface area contributed by atoms with Crippen molar-refractivity contribution in [2.75, 3.05) is 18.0 Å². The van der Waals surface area contributed by atoms with Gasteiger partial charge in [-0.1, -0.05) is 23.8 Å². The number of imidazole rings is 1. The number of fused-ring (bicyclic) bond motifs is 1. The van der Waals surface area contributed by atoms with Crippen molar-refractivity contribution in [2.45, 2.75) is 52.4 Å². The number of aryl methyl sites for hydroxylation is 1. The van der Waals surface area contributed by atoms with Gasteiger partial charge in [0.05, 0.1) is 12.1 Å². The molecule has 2 N–H and O–H groups in total. The van der Waals surface area contributed by atoms with E-state index in [1.807, 2.05) is 24.8 Å². The van der Waals surface area contributed by atoms with Crippen molar-refractivity contribution in [2.24, 2.45) is 12.8 Å². The molecule has 4 rings (SSSR count). The fraction of sp³-hybridized carbons (Fsp3) is 0.440. The molecule has 0 saturated carbocycles. The number of hydrogen-bond donors (Lipinski definition) is 1. The second-order valence-electron chi connectivity index (χ2n) is 9.36. The van der Waals surface area contributed by atoms with Gasteiger partial charge < -0.3 is 19.9 Å². The van der Waals surface area contributed by atoms with Gasteiger partial charge in [0, 0.05) is 32.7 Å². The van der Waals surface area contributed by atoms with Crippen LogP contribution in [0.1, 0.15) is 37.0 Å². The molecule has 3 aromatic rings. The summed E-state index contributed by atoms with van der Waals surface area (Å²) in [6.07, 6.45) is 3.69. The summed E-state index contributed by atoms with van der Waals surface area (Å²) in [6, 6.07) is 5.43. The molecule has 0 aliphatic carbocycles. The fourth-order valence-electron chi connectivity index (χ4n) is 4.50. The second kappa shape index (κ2) is 10.7. The number of aromatic nitrogens is 4. The monoisotopic (exact) mass is 516 g/mol. The van der Waals surface area contributed by atoms with Crippen LogP contribution in [-0.2, 0) is 20.1 Å². The maximum atomic E-state index is 13.7. The van der Waals surface area contributed by atoms with Crippen molar-refractivity contribution in [1.29, 1.82) is 0 Å². The summed E-state index contributed by atoms with van der Waals surface area (Å²) in [7, 11) is 1.48. The molecule has 1 aromatic carbocycles. The van der Waals surface area contributed by atoms with Gasteiger partial charge in [-0.05, 0) is 38.8 Å². The van der Waals surface area contributed by atoms with Crippen molar-refractivity contribution in [3.8, 4) is 5.75 Å². The average molecular weight is 517 g/mol. The van der Waals surface area contributed by atoms with E-state index in [2.05, 4.69) is 9.72 Å². The zero-order chi connectivity index (χ0) is 26.9. The van der Waals surface area contributed by atoms with E-state index in [9.17, 15) is 23.2 Å². The first-order valence-corrected chi connectivity index (χ1v) is 12.0. The minimum absolute atomic E-state index is 0.0425. The number of ether oxygens (including phenoxy) is 1. The summed E-state index contributed by atoms with van der Waals surface area (Å²) in [5.74, 6) is -0.521. The Morgan fingerprint density at radius 2 is 1.97 bits per heavy atom. The highest BCUT2D eigenvalue weighted by Gasteiger charge is 2.27. The molecule has 12 heteroatoms. The molecule has 0 radical (unpaired) electrons. The van der Waals surface area contributed by atoms with Crippen LogP contribution >= 0.6 is 0 Å². The third-order valence-corrected chi connectivity index (χ3v) is 6.34. The number of alkyl halides is 2. The highest BCUT2D eigenvalue weighted by molar-refractivity contribution is 5.98. The number of rotatable bonds is 8. The lowest BCUT2D eigenvalue weighted by Crippen LogP contribution is -2.44. The van der Waals surface area contributed by atoms with Crippen molar-refractivity contribution in [3.63, 3.8) is 0 Å². The Balaban J connectivity index is 1.85. The highest BCUT2D eigenvalue weighted by atomic mass is 19.3. The molecule has 1 saturated heterocycles. The standard InChI is InChI=1S/C25H30F2N6O4/c1-15(2)10-12-32-20-21(29-24(32)31-11-6-7-16(28)13-31)30(3)25(36)33(22(20)35)14-18(34)17-8-4-5-9-19(17)37-23(26)27/h4-5,8-10,16,23H,6-7,11-14,28H2,1-3H3. The van der Waals surface area contributed by atoms with Crippen LogP contribution in [-0.4, -0.2) is 50.2 Å². The summed E-state index contributed by atoms with van der Waals surface area (Å²) < 4.78 is 33.9. The Kier molecular flexibility index (Phi) is 7.58. The van der Waals surface area contributed by atoms with Gasteiger partial charge in [0.15, 0.2) is 16.9 Å².